The minimum Gasteiger partial charge on any atom is -0.489 e. The van der Waals surface area contributed by atoms with E-state index in [1.807, 2.05) is 6.92 Å². The summed E-state index contributed by atoms with van der Waals surface area (Å²) in [5, 5.41) is 8.26. The fraction of sp³-hybridized carbons (Fsp3) is 0.632. The zero-order chi connectivity index (χ0) is 19.8. The molecular weight excluding hydrogens is 366 g/mol. The Morgan fingerprint density at radius 3 is 2.81 bits per heavy atom. The van der Waals surface area contributed by atoms with Crippen molar-refractivity contribution in [2.45, 2.75) is 57.1 Å². The van der Waals surface area contributed by atoms with Crippen molar-refractivity contribution in [3.63, 3.8) is 0 Å². The summed E-state index contributed by atoms with van der Waals surface area (Å²) in [6.07, 6.45) is 2.64. The second-order valence-corrected chi connectivity index (χ2v) is 9.59. The number of nitrogens with two attached hydrogens (primary N) is 1. The summed E-state index contributed by atoms with van der Waals surface area (Å²) in [6, 6.07) is 3.14. The zero-order valence-corrected chi connectivity index (χ0v) is 17.0. The molecule has 1 fully saturated rings. The van der Waals surface area contributed by atoms with Gasteiger partial charge in [0.2, 0.25) is 10.0 Å². The molecule has 8 heteroatoms. The fourth-order valence-electron chi connectivity index (χ4n) is 3.98. The highest BCUT2D eigenvalue weighted by Crippen LogP contribution is 2.35. The summed E-state index contributed by atoms with van der Waals surface area (Å²) < 4.78 is 29.4. The van der Waals surface area contributed by atoms with Gasteiger partial charge in [0.05, 0.1) is 10.5 Å². The van der Waals surface area contributed by atoms with Crippen LogP contribution < -0.4 is 15.2 Å². The van der Waals surface area contributed by atoms with E-state index in [1.54, 1.807) is 0 Å². The number of likely N-dealkylation sites (tertiary alicyclic amines) is 1. The number of fused-ring (bicyclic) bond motifs is 1. The Balaban J connectivity index is 1.78. The minimum atomic E-state index is -3.89. The van der Waals surface area contributed by atoms with Gasteiger partial charge in [0.25, 0.3) is 5.91 Å². The van der Waals surface area contributed by atoms with Gasteiger partial charge >= 0.3 is 0 Å². The van der Waals surface area contributed by atoms with Crippen molar-refractivity contribution in [1.29, 1.82) is 0 Å². The predicted molar refractivity (Wildman–Crippen MR) is 103 cm³/mol. The van der Waals surface area contributed by atoms with Crippen LogP contribution in [0, 0.1) is 5.92 Å². The SMILES string of the molecule is CC(C)CN1CCCC1CNC(=O)c1cc(S(N)(=O)=O)cc2c1OC(C)C2. The summed E-state index contributed by atoms with van der Waals surface area (Å²) in [7, 11) is -3.89. The highest BCUT2D eigenvalue weighted by atomic mass is 32.2. The van der Waals surface area contributed by atoms with Crippen LogP contribution in [0.5, 0.6) is 5.75 Å². The van der Waals surface area contributed by atoms with E-state index in [1.165, 1.54) is 12.1 Å². The molecule has 2 atom stereocenters. The van der Waals surface area contributed by atoms with E-state index < -0.39 is 10.0 Å². The molecule has 2 aliphatic rings. The number of sulfonamides is 1. The molecule has 0 saturated carbocycles. The number of ether oxygens (including phenoxy) is 1. The lowest BCUT2D eigenvalue weighted by Gasteiger charge is -2.26. The van der Waals surface area contributed by atoms with Gasteiger partial charge in [-0.2, -0.15) is 0 Å². The van der Waals surface area contributed by atoms with E-state index in [0.29, 0.717) is 36.2 Å². The van der Waals surface area contributed by atoms with Crippen LogP contribution in [0.1, 0.15) is 49.5 Å². The number of carbonyl (C=O) groups excluding carboxylic acids is 1. The van der Waals surface area contributed by atoms with E-state index in [-0.39, 0.29) is 22.5 Å². The maximum absolute atomic E-state index is 12.8. The number of nitrogens with zero attached hydrogens (tertiary/aromatic N) is 1. The molecule has 0 aromatic heterocycles. The van der Waals surface area contributed by atoms with Gasteiger partial charge in [-0.15, -0.1) is 0 Å². The third kappa shape index (κ3) is 4.62. The summed E-state index contributed by atoms with van der Waals surface area (Å²) in [4.78, 5) is 15.2. The van der Waals surface area contributed by atoms with Crippen LogP contribution in [0.4, 0.5) is 0 Å². The van der Waals surface area contributed by atoms with E-state index >= 15 is 0 Å². The Kier molecular flexibility index (Phi) is 5.79. The Hall–Kier alpha value is -1.64. The Morgan fingerprint density at radius 1 is 1.41 bits per heavy atom. The monoisotopic (exact) mass is 395 g/mol. The van der Waals surface area contributed by atoms with E-state index in [9.17, 15) is 13.2 Å². The molecule has 1 aromatic rings. The van der Waals surface area contributed by atoms with E-state index in [0.717, 1.165) is 25.9 Å². The van der Waals surface area contributed by atoms with Crippen LogP contribution in [-0.4, -0.2) is 51.0 Å². The summed E-state index contributed by atoms with van der Waals surface area (Å²) in [5.74, 6) is 0.728. The minimum absolute atomic E-state index is 0.0496. The molecule has 0 bridgehead atoms. The Labute approximate surface area is 161 Å². The average Bonchev–Trinajstić information content (AvgIpc) is 3.15. The van der Waals surface area contributed by atoms with Crippen LogP contribution in [-0.2, 0) is 16.4 Å². The van der Waals surface area contributed by atoms with Crippen LogP contribution in [0.3, 0.4) is 0 Å². The Bertz CT molecular complexity index is 822. The molecule has 3 N–H and O–H groups in total. The molecule has 2 heterocycles. The molecule has 2 aliphatic heterocycles. The van der Waals surface area contributed by atoms with Gasteiger partial charge in [0, 0.05) is 25.6 Å². The molecule has 7 nitrogen and oxygen atoms in total. The predicted octanol–water partition coefficient (Wildman–Crippen LogP) is 1.51. The van der Waals surface area contributed by atoms with E-state index in [2.05, 4.69) is 24.1 Å². The number of hydrogen-bond acceptors (Lipinski definition) is 5. The number of primary sulfonamides is 1. The van der Waals surface area contributed by atoms with Crippen molar-refractivity contribution in [3.8, 4) is 5.75 Å². The van der Waals surface area contributed by atoms with Gasteiger partial charge in [0.15, 0.2) is 0 Å². The largest absolute Gasteiger partial charge is 0.489 e. The average molecular weight is 396 g/mol. The van der Waals surface area contributed by atoms with Crippen LogP contribution in [0.25, 0.3) is 0 Å². The number of rotatable bonds is 6. The standard InChI is InChI=1S/C19H29N3O4S/c1-12(2)11-22-6-4-5-15(22)10-21-19(23)17-9-16(27(20,24)25)8-14-7-13(3)26-18(14)17/h8-9,12-13,15H,4-7,10-11H2,1-3H3,(H,21,23)(H2,20,24,25). The first-order chi connectivity index (χ1) is 12.6. The van der Waals surface area contributed by atoms with Crippen molar-refractivity contribution in [2.24, 2.45) is 11.1 Å². The van der Waals surface area contributed by atoms with Crippen molar-refractivity contribution < 1.29 is 17.9 Å². The number of nitrogens with one attached hydrogen (secondary N) is 1. The molecule has 0 aliphatic carbocycles. The van der Waals surface area contributed by atoms with Gasteiger partial charge in [-0.05, 0) is 49.9 Å². The van der Waals surface area contributed by atoms with Crippen molar-refractivity contribution in [1.82, 2.24) is 10.2 Å². The maximum atomic E-state index is 12.8. The van der Waals surface area contributed by atoms with Gasteiger partial charge in [0.1, 0.15) is 11.9 Å². The summed E-state index contributed by atoms with van der Waals surface area (Å²) in [6.45, 7) is 8.87. The molecule has 1 saturated heterocycles. The smallest absolute Gasteiger partial charge is 0.255 e. The normalized spacial score (nSPS) is 22.7. The zero-order valence-electron chi connectivity index (χ0n) is 16.2. The third-order valence-corrected chi connectivity index (χ3v) is 6.03. The van der Waals surface area contributed by atoms with Crippen LogP contribution in [0.2, 0.25) is 0 Å². The number of benzene rings is 1. The Morgan fingerprint density at radius 2 is 2.15 bits per heavy atom. The molecule has 2 unspecified atom stereocenters. The second-order valence-electron chi connectivity index (χ2n) is 8.03. The van der Waals surface area contributed by atoms with Crippen molar-refractivity contribution >= 4 is 15.9 Å². The number of amides is 1. The quantitative estimate of drug-likeness (QED) is 0.760. The van der Waals surface area contributed by atoms with Crippen LogP contribution in [0.15, 0.2) is 17.0 Å². The number of hydrogen-bond donors (Lipinski definition) is 2. The molecule has 27 heavy (non-hydrogen) atoms. The van der Waals surface area contributed by atoms with Gasteiger partial charge in [-0.25, -0.2) is 13.6 Å². The van der Waals surface area contributed by atoms with Crippen LogP contribution >= 0.6 is 0 Å². The topological polar surface area (TPSA) is 102 Å². The van der Waals surface area contributed by atoms with Gasteiger partial charge in [-0.3, -0.25) is 9.69 Å². The lowest BCUT2D eigenvalue weighted by Crippen LogP contribution is -2.41. The molecule has 1 amide bonds. The molecule has 1 aromatic carbocycles. The fourth-order valence-corrected chi connectivity index (χ4v) is 4.57. The van der Waals surface area contributed by atoms with Crippen molar-refractivity contribution in [3.05, 3.63) is 23.3 Å². The van der Waals surface area contributed by atoms with Crippen molar-refractivity contribution in [2.75, 3.05) is 19.6 Å². The summed E-state index contributed by atoms with van der Waals surface area (Å²) >= 11 is 0. The first kappa shape index (κ1) is 20.1. The molecule has 0 radical (unpaired) electrons. The maximum Gasteiger partial charge on any atom is 0.255 e. The highest BCUT2D eigenvalue weighted by Gasteiger charge is 2.30. The molecular formula is C19H29N3O4S. The highest BCUT2D eigenvalue weighted by molar-refractivity contribution is 7.89. The summed E-state index contributed by atoms with van der Waals surface area (Å²) in [5.41, 5.74) is 0.954. The third-order valence-electron chi connectivity index (χ3n) is 5.14. The molecule has 150 valence electrons. The first-order valence-electron chi connectivity index (χ1n) is 9.53. The number of carbonyl (C=O) groups is 1. The van der Waals surface area contributed by atoms with E-state index in [4.69, 9.17) is 9.88 Å². The lowest BCUT2D eigenvalue weighted by atomic mass is 10.1. The molecule has 3 rings (SSSR count). The van der Waals surface area contributed by atoms with Gasteiger partial charge < -0.3 is 10.1 Å². The first-order valence-corrected chi connectivity index (χ1v) is 11.1. The second kappa shape index (κ2) is 7.77. The lowest BCUT2D eigenvalue weighted by molar-refractivity contribution is 0.0934. The van der Waals surface area contributed by atoms with Gasteiger partial charge in [-0.1, -0.05) is 13.8 Å². The molecule has 0 spiro atoms.